The van der Waals surface area contributed by atoms with Crippen molar-refractivity contribution >= 4 is 0 Å². The van der Waals surface area contributed by atoms with Gasteiger partial charge in [0.2, 0.25) is 0 Å². The van der Waals surface area contributed by atoms with Gasteiger partial charge in [-0.15, -0.1) is 0 Å². The van der Waals surface area contributed by atoms with Gasteiger partial charge in [-0.05, 0) is 24.3 Å². The van der Waals surface area contributed by atoms with Crippen LogP contribution < -0.4 is 0 Å². The Kier molecular flexibility index (Phi) is 5.13. The van der Waals surface area contributed by atoms with Crippen molar-refractivity contribution < 1.29 is 9.47 Å². The zero-order chi connectivity index (χ0) is 16.1. The summed E-state index contributed by atoms with van der Waals surface area (Å²) in [6.07, 6.45) is 8.62. The fraction of sp³-hybridized carbons (Fsp3) is 0.526. The first kappa shape index (κ1) is 16.2. The third kappa shape index (κ3) is 4.43. The molecular weight excluding hydrogens is 288 g/mol. The second-order valence-electron chi connectivity index (χ2n) is 6.81. The van der Waals surface area contributed by atoms with Crippen LogP contribution in [0.25, 0.3) is 0 Å². The standard InChI is InChI=1S/C19H26N2O2/c1-16(2)12-18-13-22-19(23-18,14-21-11-10-20-15-21)9-8-17-6-4-3-5-7-17/h3-7,10-11,15-16,18H,8-9,12-14H2,1-2H3. The zero-order valence-corrected chi connectivity index (χ0v) is 14.0. The van der Waals surface area contributed by atoms with Crippen molar-refractivity contribution in [3.63, 3.8) is 0 Å². The van der Waals surface area contributed by atoms with E-state index in [0.29, 0.717) is 19.1 Å². The summed E-state index contributed by atoms with van der Waals surface area (Å²) in [7, 11) is 0. The predicted molar refractivity (Wildman–Crippen MR) is 90.0 cm³/mol. The second-order valence-corrected chi connectivity index (χ2v) is 6.81. The van der Waals surface area contributed by atoms with Gasteiger partial charge in [0.15, 0.2) is 5.79 Å². The molecule has 23 heavy (non-hydrogen) atoms. The van der Waals surface area contributed by atoms with Gasteiger partial charge in [-0.2, -0.15) is 0 Å². The Morgan fingerprint density at radius 1 is 1.30 bits per heavy atom. The molecule has 124 valence electrons. The highest BCUT2D eigenvalue weighted by molar-refractivity contribution is 5.15. The zero-order valence-electron chi connectivity index (χ0n) is 14.0. The van der Waals surface area contributed by atoms with Gasteiger partial charge in [-0.3, -0.25) is 0 Å². The summed E-state index contributed by atoms with van der Waals surface area (Å²) < 4.78 is 14.6. The number of ether oxygens (including phenoxy) is 2. The van der Waals surface area contributed by atoms with Crippen LogP contribution in [-0.2, 0) is 22.4 Å². The molecule has 0 N–H and O–H groups in total. The topological polar surface area (TPSA) is 36.3 Å². The number of nitrogens with zero attached hydrogens (tertiary/aromatic N) is 2. The van der Waals surface area contributed by atoms with Gasteiger partial charge in [-0.25, -0.2) is 4.98 Å². The summed E-state index contributed by atoms with van der Waals surface area (Å²) in [5.74, 6) is 0.0672. The maximum atomic E-state index is 6.38. The number of rotatable bonds is 7. The SMILES string of the molecule is CC(C)CC1COC(CCc2ccccc2)(Cn2ccnc2)O1. The van der Waals surface area contributed by atoms with E-state index in [0.717, 1.165) is 19.3 Å². The van der Waals surface area contributed by atoms with Crippen molar-refractivity contribution in [2.45, 2.75) is 51.5 Å². The summed E-state index contributed by atoms with van der Waals surface area (Å²) in [5, 5.41) is 0. The molecule has 1 saturated heterocycles. The Bertz CT molecular complexity index is 583. The van der Waals surface area contributed by atoms with Crippen LogP contribution in [0.5, 0.6) is 0 Å². The van der Waals surface area contributed by atoms with E-state index in [9.17, 15) is 0 Å². The lowest BCUT2D eigenvalue weighted by Gasteiger charge is -2.29. The molecule has 3 rings (SSSR count). The van der Waals surface area contributed by atoms with Crippen LogP contribution in [0.2, 0.25) is 0 Å². The van der Waals surface area contributed by atoms with E-state index in [1.54, 1.807) is 6.20 Å². The molecule has 2 atom stereocenters. The molecule has 4 heteroatoms. The van der Waals surface area contributed by atoms with Crippen molar-refractivity contribution in [3.8, 4) is 0 Å². The summed E-state index contributed by atoms with van der Waals surface area (Å²) in [6.45, 7) is 5.82. The molecule has 1 aromatic carbocycles. The van der Waals surface area contributed by atoms with E-state index in [1.165, 1.54) is 5.56 Å². The smallest absolute Gasteiger partial charge is 0.187 e. The first-order valence-corrected chi connectivity index (χ1v) is 8.47. The van der Waals surface area contributed by atoms with Gasteiger partial charge in [0.1, 0.15) is 0 Å². The minimum Gasteiger partial charge on any atom is -0.345 e. The number of imidazole rings is 1. The molecule has 1 aliphatic heterocycles. The molecule has 0 amide bonds. The lowest BCUT2D eigenvalue weighted by Crippen LogP contribution is -2.36. The molecule has 2 aromatic rings. The number of aryl methyl sites for hydroxylation is 1. The monoisotopic (exact) mass is 314 g/mol. The molecule has 1 aliphatic rings. The first-order chi connectivity index (χ1) is 11.2. The van der Waals surface area contributed by atoms with E-state index in [4.69, 9.17) is 9.47 Å². The molecule has 2 heterocycles. The summed E-state index contributed by atoms with van der Waals surface area (Å²) in [4.78, 5) is 4.13. The maximum Gasteiger partial charge on any atom is 0.187 e. The normalized spacial score (nSPS) is 24.4. The molecule has 1 aromatic heterocycles. The molecule has 0 radical (unpaired) electrons. The third-order valence-corrected chi connectivity index (χ3v) is 4.27. The van der Waals surface area contributed by atoms with E-state index in [2.05, 4.69) is 43.1 Å². The van der Waals surface area contributed by atoms with E-state index in [-0.39, 0.29) is 6.10 Å². The largest absolute Gasteiger partial charge is 0.345 e. The van der Waals surface area contributed by atoms with Gasteiger partial charge < -0.3 is 14.0 Å². The van der Waals surface area contributed by atoms with Crippen molar-refractivity contribution in [1.82, 2.24) is 9.55 Å². The minimum atomic E-state index is -0.546. The van der Waals surface area contributed by atoms with Crippen molar-refractivity contribution in [2.24, 2.45) is 5.92 Å². The van der Waals surface area contributed by atoms with Crippen LogP contribution in [0.4, 0.5) is 0 Å². The van der Waals surface area contributed by atoms with Gasteiger partial charge in [0.25, 0.3) is 0 Å². The van der Waals surface area contributed by atoms with E-state index < -0.39 is 5.79 Å². The summed E-state index contributed by atoms with van der Waals surface area (Å²) in [6, 6.07) is 10.5. The fourth-order valence-corrected chi connectivity index (χ4v) is 3.19. The van der Waals surface area contributed by atoms with Crippen LogP contribution in [0.3, 0.4) is 0 Å². The summed E-state index contributed by atoms with van der Waals surface area (Å²) >= 11 is 0. The van der Waals surface area contributed by atoms with Crippen molar-refractivity contribution in [1.29, 1.82) is 0 Å². The highest BCUT2D eigenvalue weighted by Gasteiger charge is 2.41. The lowest BCUT2D eigenvalue weighted by atomic mass is 10.0. The Morgan fingerprint density at radius 2 is 2.13 bits per heavy atom. The lowest BCUT2D eigenvalue weighted by molar-refractivity contribution is -0.183. The average Bonchev–Trinajstić information content (AvgIpc) is 3.17. The molecule has 0 aliphatic carbocycles. The van der Waals surface area contributed by atoms with Gasteiger partial charge in [0, 0.05) is 18.8 Å². The molecule has 2 unspecified atom stereocenters. The quantitative estimate of drug-likeness (QED) is 0.782. The van der Waals surface area contributed by atoms with Gasteiger partial charge in [-0.1, -0.05) is 44.2 Å². The van der Waals surface area contributed by atoms with Crippen LogP contribution in [-0.4, -0.2) is 28.0 Å². The molecule has 4 nitrogen and oxygen atoms in total. The number of hydrogen-bond donors (Lipinski definition) is 0. The van der Waals surface area contributed by atoms with Crippen LogP contribution in [0.15, 0.2) is 49.1 Å². The Morgan fingerprint density at radius 3 is 2.83 bits per heavy atom. The highest BCUT2D eigenvalue weighted by Crippen LogP contribution is 2.33. The second kappa shape index (κ2) is 7.28. The first-order valence-electron chi connectivity index (χ1n) is 8.47. The highest BCUT2D eigenvalue weighted by atomic mass is 16.7. The van der Waals surface area contributed by atoms with Crippen LogP contribution in [0, 0.1) is 5.92 Å². The minimum absolute atomic E-state index is 0.189. The number of hydrogen-bond acceptors (Lipinski definition) is 3. The fourth-order valence-electron chi connectivity index (χ4n) is 3.19. The molecular formula is C19H26N2O2. The van der Waals surface area contributed by atoms with Gasteiger partial charge >= 0.3 is 0 Å². The molecule has 0 bridgehead atoms. The van der Waals surface area contributed by atoms with E-state index in [1.807, 2.05) is 23.2 Å². The number of aromatic nitrogens is 2. The third-order valence-electron chi connectivity index (χ3n) is 4.27. The Balaban J connectivity index is 1.69. The average molecular weight is 314 g/mol. The van der Waals surface area contributed by atoms with Crippen LogP contribution in [0.1, 0.15) is 32.3 Å². The Labute approximate surface area is 138 Å². The number of benzene rings is 1. The molecule has 0 spiro atoms. The predicted octanol–water partition coefficient (Wildman–Crippen LogP) is 3.67. The van der Waals surface area contributed by atoms with E-state index >= 15 is 0 Å². The van der Waals surface area contributed by atoms with Crippen molar-refractivity contribution in [3.05, 3.63) is 54.6 Å². The van der Waals surface area contributed by atoms with Gasteiger partial charge in [0.05, 0.1) is 25.6 Å². The Hall–Kier alpha value is -1.65. The molecule has 0 saturated carbocycles. The van der Waals surface area contributed by atoms with Crippen LogP contribution >= 0.6 is 0 Å². The summed E-state index contributed by atoms with van der Waals surface area (Å²) in [5.41, 5.74) is 1.32. The van der Waals surface area contributed by atoms with Crippen molar-refractivity contribution in [2.75, 3.05) is 6.61 Å². The maximum absolute atomic E-state index is 6.38. The molecule has 1 fully saturated rings.